The molecule has 0 aliphatic heterocycles. The van der Waals surface area contributed by atoms with Gasteiger partial charge in [-0.15, -0.1) is 0 Å². The molecule has 1 amide bonds. The quantitative estimate of drug-likeness (QED) is 0.527. The molecule has 0 aliphatic carbocycles. The zero-order valence-corrected chi connectivity index (χ0v) is 17.6. The molecule has 0 unspecified atom stereocenters. The van der Waals surface area contributed by atoms with Gasteiger partial charge in [-0.1, -0.05) is 57.2 Å². The summed E-state index contributed by atoms with van der Waals surface area (Å²) in [5.74, 6) is 0.689. The van der Waals surface area contributed by atoms with E-state index in [1.165, 1.54) is 18.1 Å². The van der Waals surface area contributed by atoms with Gasteiger partial charge in [-0.05, 0) is 40.7 Å². The highest BCUT2D eigenvalue weighted by Gasteiger charge is 2.12. The van der Waals surface area contributed by atoms with Gasteiger partial charge in [0.2, 0.25) is 5.91 Å². The van der Waals surface area contributed by atoms with Crippen LogP contribution in [-0.4, -0.2) is 25.5 Å². The van der Waals surface area contributed by atoms with E-state index >= 15 is 0 Å². The fourth-order valence-corrected chi connectivity index (χ4v) is 2.87. The third kappa shape index (κ3) is 7.06. The van der Waals surface area contributed by atoms with E-state index in [2.05, 4.69) is 66.0 Å². The Kier molecular flexibility index (Phi) is 7.61. The van der Waals surface area contributed by atoms with Gasteiger partial charge in [0.25, 0.3) is 0 Å². The number of hydrogen-bond donors (Lipinski definition) is 3. The molecule has 28 heavy (non-hydrogen) atoms. The average molecular weight is 381 g/mol. The van der Waals surface area contributed by atoms with Crippen LogP contribution in [0.2, 0.25) is 0 Å². The first kappa shape index (κ1) is 21.5. The molecule has 0 heterocycles. The molecule has 0 radical (unpaired) electrons. The Bertz CT molecular complexity index is 804. The van der Waals surface area contributed by atoms with Crippen molar-refractivity contribution in [2.75, 3.05) is 18.9 Å². The molecular formula is C23H32N4O. The lowest BCUT2D eigenvalue weighted by atomic mass is 9.86. The van der Waals surface area contributed by atoms with Gasteiger partial charge >= 0.3 is 0 Å². The first-order valence-corrected chi connectivity index (χ1v) is 9.68. The molecule has 0 aromatic heterocycles. The van der Waals surface area contributed by atoms with Crippen molar-refractivity contribution in [1.82, 2.24) is 10.6 Å². The van der Waals surface area contributed by atoms with Crippen LogP contribution in [0.15, 0.2) is 53.5 Å². The van der Waals surface area contributed by atoms with Gasteiger partial charge < -0.3 is 16.0 Å². The number of anilines is 1. The Morgan fingerprint density at radius 2 is 1.71 bits per heavy atom. The van der Waals surface area contributed by atoms with E-state index in [0.717, 1.165) is 30.2 Å². The van der Waals surface area contributed by atoms with Crippen molar-refractivity contribution in [1.29, 1.82) is 0 Å². The fraction of sp³-hybridized carbons (Fsp3) is 0.391. The van der Waals surface area contributed by atoms with Crippen molar-refractivity contribution >= 4 is 17.6 Å². The third-order valence-corrected chi connectivity index (χ3v) is 4.46. The van der Waals surface area contributed by atoms with Crippen molar-refractivity contribution in [2.45, 2.75) is 46.1 Å². The summed E-state index contributed by atoms with van der Waals surface area (Å²) in [4.78, 5) is 15.5. The number of hydrogen-bond acceptors (Lipinski definition) is 2. The lowest BCUT2D eigenvalue weighted by Gasteiger charge is -2.19. The van der Waals surface area contributed by atoms with Crippen LogP contribution in [0, 0.1) is 0 Å². The summed E-state index contributed by atoms with van der Waals surface area (Å²) < 4.78 is 0. The SMILES string of the molecule is CN=C(NCCc1ccc(C(C)(C)C)cc1)NCc1cccc(NC(C)=O)c1. The van der Waals surface area contributed by atoms with Crippen LogP contribution in [0.5, 0.6) is 0 Å². The van der Waals surface area contributed by atoms with Crippen LogP contribution in [-0.2, 0) is 23.2 Å². The second kappa shape index (κ2) is 9.93. The molecule has 2 aromatic carbocycles. The summed E-state index contributed by atoms with van der Waals surface area (Å²) in [6.07, 6.45) is 0.934. The molecule has 0 atom stereocenters. The molecule has 0 bridgehead atoms. The number of amides is 1. The Labute approximate surface area is 168 Å². The standard InChI is InChI=1S/C23H32N4O/c1-17(28)27-21-8-6-7-19(15-21)16-26-22(24-5)25-14-13-18-9-11-20(12-10-18)23(2,3)4/h6-12,15H,13-14,16H2,1-5H3,(H,27,28)(H2,24,25,26). The Morgan fingerprint density at radius 3 is 2.32 bits per heavy atom. The van der Waals surface area contributed by atoms with E-state index < -0.39 is 0 Å². The molecule has 2 rings (SSSR count). The maximum Gasteiger partial charge on any atom is 0.221 e. The van der Waals surface area contributed by atoms with Crippen LogP contribution in [0.25, 0.3) is 0 Å². The predicted octanol–water partition coefficient (Wildman–Crippen LogP) is 3.85. The summed E-state index contributed by atoms with van der Waals surface area (Å²) in [5.41, 5.74) is 4.71. The largest absolute Gasteiger partial charge is 0.356 e. The van der Waals surface area contributed by atoms with Crippen molar-refractivity contribution in [3.63, 3.8) is 0 Å². The van der Waals surface area contributed by atoms with Crippen molar-refractivity contribution < 1.29 is 4.79 Å². The normalized spacial score (nSPS) is 11.8. The van der Waals surface area contributed by atoms with Crippen molar-refractivity contribution in [2.24, 2.45) is 4.99 Å². The highest BCUT2D eigenvalue weighted by molar-refractivity contribution is 5.88. The molecule has 3 N–H and O–H groups in total. The van der Waals surface area contributed by atoms with E-state index in [0.29, 0.717) is 6.54 Å². The number of nitrogens with one attached hydrogen (secondary N) is 3. The van der Waals surface area contributed by atoms with Gasteiger partial charge in [0.1, 0.15) is 0 Å². The molecule has 0 saturated heterocycles. The third-order valence-electron chi connectivity index (χ3n) is 4.46. The monoisotopic (exact) mass is 380 g/mol. The molecule has 0 fully saturated rings. The van der Waals surface area contributed by atoms with E-state index in [1.54, 1.807) is 7.05 Å². The van der Waals surface area contributed by atoms with Gasteiger partial charge in [0, 0.05) is 32.7 Å². The van der Waals surface area contributed by atoms with Crippen LogP contribution >= 0.6 is 0 Å². The lowest BCUT2D eigenvalue weighted by Crippen LogP contribution is -2.37. The Hall–Kier alpha value is -2.82. The smallest absolute Gasteiger partial charge is 0.221 e. The molecule has 0 aliphatic rings. The summed E-state index contributed by atoms with van der Waals surface area (Å²) in [6, 6.07) is 16.6. The van der Waals surface area contributed by atoms with E-state index in [4.69, 9.17) is 0 Å². The fourth-order valence-electron chi connectivity index (χ4n) is 2.87. The lowest BCUT2D eigenvalue weighted by molar-refractivity contribution is -0.114. The highest BCUT2D eigenvalue weighted by Crippen LogP contribution is 2.22. The summed E-state index contributed by atoms with van der Waals surface area (Å²) in [6.45, 7) is 9.63. The average Bonchev–Trinajstić information content (AvgIpc) is 2.64. The number of carbonyl (C=O) groups excluding carboxylic acids is 1. The number of nitrogens with zero attached hydrogens (tertiary/aromatic N) is 1. The molecule has 5 heteroatoms. The number of aliphatic imine (C=N–C) groups is 1. The highest BCUT2D eigenvalue weighted by atomic mass is 16.1. The van der Waals surface area contributed by atoms with Gasteiger partial charge in [-0.25, -0.2) is 0 Å². The first-order chi connectivity index (χ1) is 13.3. The number of rotatable bonds is 6. The van der Waals surface area contributed by atoms with Crippen LogP contribution < -0.4 is 16.0 Å². The molecule has 0 spiro atoms. The van der Waals surface area contributed by atoms with Crippen molar-refractivity contribution in [3.05, 3.63) is 65.2 Å². The van der Waals surface area contributed by atoms with Crippen LogP contribution in [0.4, 0.5) is 5.69 Å². The van der Waals surface area contributed by atoms with Gasteiger partial charge in [-0.3, -0.25) is 9.79 Å². The number of carbonyl (C=O) groups is 1. The maximum atomic E-state index is 11.2. The first-order valence-electron chi connectivity index (χ1n) is 9.68. The van der Waals surface area contributed by atoms with Crippen LogP contribution in [0.1, 0.15) is 44.4 Å². The molecular weight excluding hydrogens is 348 g/mol. The molecule has 150 valence electrons. The second-order valence-corrected chi connectivity index (χ2v) is 7.93. The zero-order chi connectivity index (χ0) is 20.6. The molecule has 2 aromatic rings. The second-order valence-electron chi connectivity index (χ2n) is 7.93. The summed E-state index contributed by atoms with van der Waals surface area (Å²) >= 11 is 0. The van der Waals surface area contributed by atoms with E-state index in [9.17, 15) is 4.79 Å². The van der Waals surface area contributed by atoms with Crippen LogP contribution in [0.3, 0.4) is 0 Å². The number of benzene rings is 2. The summed E-state index contributed by atoms with van der Waals surface area (Å²) in [5, 5.41) is 9.46. The van der Waals surface area contributed by atoms with Crippen molar-refractivity contribution in [3.8, 4) is 0 Å². The Morgan fingerprint density at radius 1 is 1.00 bits per heavy atom. The minimum Gasteiger partial charge on any atom is -0.356 e. The zero-order valence-electron chi connectivity index (χ0n) is 17.6. The van der Waals surface area contributed by atoms with E-state index in [1.807, 2.05) is 24.3 Å². The predicted molar refractivity (Wildman–Crippen MR) is 118 cm³/mol. The molecule has 0 saturated carbocycles. The molecule has 5 nitrogen and oxygen atoms in total. The topological polar surface area (TPSA) is 65.5 Å². The minimum atomic E-state index is -0.0712. The Balaban J connectivity index is 1.81. The summed E-state index contributed by atoms with van der Waals surface area (Å²) in [7, 11) is 1.77. The van der Waals surface area contributed by atoms with Gasteiger partial charge in [0.15, 0.2) is 5.96 Å². The van der Waals surface area contributed by atoms with E-state index in [-0.39, 0.29) is 11.3 Å². The van der Waals surface area contributed by atoms with Gasteiger partial charge in [0.05, 0.1) is 0 Å². The minimum absolute atomic E-state index is 0.0712. The van der Waals surface area contributed by atoms with Gasteiger partial charge in [-0.2, -0.15) is 0 Å². The maximum absolute atomic E-state index is 11.2. The number of guanidine groups is 1.